The smallest absolute Gasteiger partial charge is 0.418 e. The van der Waals surface area contributed by atoms with Crippen molar-refractivity contribution in [1.29, 1.82) is 0 Å². The van der Waals surface area contributed by atoms with Crippen LogP contribution in [0.25, 0.3) is 0 Å². The standard InChI is InChI=1S/C27H33N3O5/c1-21(2)15-18-30(27(33)35-20-23-12-7-4-8-13-23)26(32)29(25(31)24-28-16-19-34-24)17-9-14-22-10-5-3-6-11-22/h3-8,10-13,21H,9,14-20H2,1-2H3. The van der Waals surface area contributed by atoms with E-state index in [1.165, 1.54) is 0 Å². The fourth-order valence-electron chi connectivity index (χ4n) is 3.55. The van der Waals surface area contributed by atoms with E-state index in [1.54, 1.807) is 0 Å². The summed E-state index contributed by atoms with van der Waals surface area (Å²) in [5, 5.41) is 0. The van der Waals surface area contributed by atoms with Gasteiger partial charge in [0, 0.05) is 13.1 Å². The lowest BCUT2D eigenvalue weighted by Crippen LogP contribution is -2.51. The number of imide groups is 2. The first-order chi connectivity index (χ1) is 17.0. The molecule has 8 heteroatoms. The second-order valence-corrected chi connectivity index (χ2v) is 8.74. The molecular formula is C27H33N3O5. The van der Waals surface area contributed by atoms with E-state index in [9.17, 15) is 14.4 Å². The number of benzene rings is 2. The Morgan fingerprint density at radius 2 is 1.60 bits per heavy atom. The average molecular weight is 480 g/mol. The Morgan fingerprint density at radius 3 is 2.20 bits per heavy atom. The van der Waals surface area contributed by atoms with Gasteiger partial charge in [-0.15, -0.1) is 0 Å². The fraction of sp³-hybridized carbons (Fsp3) is 0.407. The zero-order chi connectivity index (χ0) is 25.0. The molecule has 4 amide bonds. The van der Waals surface area contributed by atoms with Crippen LogP contribution in [0.15, 0.2) is 65.7 Å². The van der Waals surface area contributed by atoms with Crippen LogP contribution < -0.4 is 0 Å². The normalized spacial score (nSPS) is 12.6. The van der Waals surface area contributed by atoms with E-state index in [0.717, 1.165) is 20.9 Å². The zero-order valence-corrected chi connectivity index (χ0v) is 20.4. The summed E-state index contributed by atoms with van der Waals surface area (Å²) in [6.07, 6.45) is 1.01. The van der Waals surface area contributed by atoms with Gasteiger partial charge in [0.2, 0.25) is 0 Å². The Morgan fingerprint density at radius 1 is 0.943 bits per heavy atom. The molecule has 1 aliphatic heterocycles. The molecule has 0 unspecified atom stereocenters. The van der Waals surface area contributed by atoms with Crippen molar-refractivity contribution in [3.8, 4) is 0 Å². The maximum atomic E-state index is 13.6. The third-order valence-electron chi connectivity index (χ3n) is 5.52. The average Bonchev–Trinajstić information content (AvgIpc) is 3.41. The molecule has 0 spiro atoms. The number of carbonyl (C=O) groups is 3. The predicted octanol–water partition coefficient (Wildman–Crippen LogP) is 4.68. The van der Waals surface area contributed by atoms with Crippen molar-refractivity contribution >= 4 is 23.9 Å². The molecule has 1 aliphatic rings. The van der Waals surface area contributed by atoms with Crippen LogP contribution in [0.4, 0.5) is 9.59 Å². The number of carbonyl (C=O) groups excluding carboxylic acids is 3. The zero-order valence-electron chi connectivity index (χ0n) is 20.4. The highest BCUT2D eigenvalue weighted by Crippen LogP contribution is 2.13. The Bertz CT molecular complexity index is 1010. The van der Waals surface area contributed by atoms with Gasteiger partial charge in [-0.3, -0.25) is 9.69 Å². The molecule has 0 saturated carbocycles. The Labute approximate surface area is 206 Å². The maximum absolute atomic E-state index is 13.6. The van der Waals surface area contributed by atoms with Gasteiger partial charge >= 0.3 is 18.0 Å². The number of hydrogen-bond donors (Lipinski definition) is 0. The highest BCUT2D eigenvalue weighted by atomic mass is 16.6. The molecule has 0 saturated heterocycles. The summed E-state index contributed by atoms with van der Waals surface area (Å²) in [7, 11) is 0. The van der Waals surface area contributed by atoms with Crippen LogP contribution in [0, 0.1) is 5.92 Å². The Hall–Kier alpha value is -3.68. The Kier molecular flexibility index (Phi) is 9.83. The van der Waals surface area contributed by atoms with Crippen LogP contribution in [-0.4, -0.2) is 60.0 Å². The van der Waals surface area contributed by atoms with Gasteiger partial charge in [0.05, 0.1) is 6.54 Å². The van der Waals surface area contributed by atoms with Gasteiger partial charge < -0.3 is 9.47 Å². The quantitative estimate of drug-likeness (QED) is 0.494. The summed E-state index contributed by atoms with van der Waals surface area (Å²) in [4.78, 5) is 45.9. The van der Waals surface area contributed by atoms with Crippen LogP contribution in [-0.2, 0) is 27.3 Å². The van der Waals surface area contributed by atoms with Gasteiger partial charge in [0.25, 0.3) is 5.90 Å². The predicted molar refractivity (Wildman–Crippen MR) is 133 cm³/mol. The largest absolute Gasteiger partial charge is 0.472 e. The lowest BCUT2D eigenvalue weighted by atomic mass is 10.1. The van der Waals surface area contributed by atoms with E-state index < -0.39 is 18.0 Å². The van der Waals surface area contributed by atoms with E-state index in [2.05, 4.69) is 4.99 Å². The summed E-state index contributed by atoms with van der Waals surface area (Å²) >= 11 is 0. The van der Waals surface area contributed by atoms with E-state index in [-0.39, 0.29) is 31.5 Å². The first-order valence-corrected chi connectivity index (χ1v) is 12.0. The molecule has 0 aliphatic carbocycles. The van der Waals surface area contributed by atoms with Crippen molar-refractivity contribution in [2.45, 2.75) is 39.7 Å². The summed E-state index contributed by atoms with van der Waals surface area (Å²) in [6.45, 7) is 4.96. The summed E-state index contributed by atoms with van der Waals surface area (Å²) in [5.74, 6) is -0.484. The minimum Gasteiger partial charge on any atom is -0.472 e. The van der Waals surface area contributed by atoms with Crippen molar-refractivity contribution in [3.63, 3.8) is 0 Å². The minimum absolute atomic E-state index is 0.0307. The number of ether oxygens (including phenoxy) is 2. The second kappa shape index (κ2) is 13.3. The molecule has 0 aromatic heterocycles. The number of urea groups is 1. The molecule has 2 aromatic carbocycles. The van der Waals surface area contributed by atoms with Crippen LogP contribution in [0.3, 0.4) is 0 Å². The molecule has 2 aromatic rings. The van der Waals surface area contributed by atoms with Gasteiger partial charge in [0.15, 0.2) is 0 Å². The molecule has 0 N–H and O–H groups in total. The number of hydrogen-bond acceptors (Lipinski definition) is 6. The van der Waals surface area contributed by atoms with Gasteiger partial charge in [-0.05, 0) is 36.3 Å². The van der Waals surface area contributed by atoms with Crippen LogP contribution in [0.5, 0.6) is 0 Å². The lowest BCUT2D eigenvalue weighted by molar-refractivity contribution is -0.123. The molecule has 0 fully saturated rings. The molecule has 3 rings (SSSR count). The number of rotatable bonds is 10. The maximum Gasteiger partial charge on any atom is 0.418 e. The van der Waals surface area contributed by atoms with Crippen LogP contribution in [0.2, 0.25) is 0 Å². The first kappa shape index (κ1) is 25.9. The Balaban J connectivity index is 1.75. The molecular weight excluding hydrogens is 446 g/mol. The number of nitrogens with zero attached hydrogens (tertiary/aromatic N) is 3. The SMILES string of the molecule is CC(C)CCN(C(=O)OCc1ccccc1)C(=O)N(CCCc1ccccc1)C(=O)C1=NCCO1. The van der Waals surface area contributed by atoms with Crippen molar-refractivity contribution in [3.05, 3.63) is 71.8 Å². The van der Waals surface area contributed by atoms with Crippen molar-refractivity contribution < 1.29 is 23.9 Å². The monoisotopic (exact) mass is 479 g/mol. The van der Waals surface area contributed by atoms with Crippen molar-refractivity contribution in [2.75, 3.05) is 26.2 Å². The fourth-order valence-corrected chi connectivity index (χ4v) is 3.55. The number of aliphatic imine (C=N–C) groups is 1. The molecule has 8 nitrogen and oxygen atoms in total. The molecule has 0 radical (unpaired) electrons. The molecule has 0 atom stereocenters. The van der Waals surface area contributed by atoms with E-state index >= 15 is 0 Å². The van der Waals surface area contributed by atoms with Crippen molar-refractivity contribution in [1.82, 2.24) is 9.80 Å². The number of amides is 4. The van der Waals surface area contributed by atoms with Gasteiger partial charge in [-0.2, -0.15) is 0 Å². The topological polar surface area (TPSA) is 88.5 Å². The van der Waals surface area contributed by atoms with Gasteiger partial charge in [-0.1, -0.05) is 74.5 Å². The second-order valence-electron chi connectivity index (χ2n) is 8.74. The summed E-state index contributed by atoms with van der Waals surface area (Å²) in [5.41, 5.74) is 1.90. The summed E-state index contributed by atoms with van der Waals surface area (Å²) in [6, 6.07) is 18.3. The van der Waals surface area contributed by atoms with Gasteiger partial charge in [0.1, 0.15) is 13.2 Å². The van der Waals surface area contributed by atoms with Crippen molar-refractivity contribution in [2.24, 2.45) is 10.9 Å². The molecule has 186 valence electrons. The highest BCUT2D eigenvalue weighted by Gasteiger charge is 2.35. The third kappa shape index (κ3) is 7.95. The van der Waals surface area contributed by atoms with Crippen LogP contribution >= 0.6 is 0 Å². The molecule has 35 heavy (non-hydrogen) atoms. The highest BCUT2D eigenvalue weighted by molar-refractivity contribution is 6.38. The third-order valence-corrected chi connectivity index (χ3v) is 5.52. The summed E-state index contributed by atoms with van der Waals surface area (Å²) < 4.78 is 10.8. The van der Waals surface area contributed by atoms with E-state index in [4.69, 9.17) is 9.47 Å². The molecule has 1 heterocycles. The van der Waals surface area contributed by atoms with E-state index in [1.807, 2.05) is 74.5 Å². The van der Waals surface area contributed by atoms with Crippen LogP contribution in [0.1, 0.15) is 37.8 Å². The van der Waals surface area contributed by atoms with Gasteiger partial charge in [-0.25, -0.2) is 19.5 Å². The number of aryl methyl sites for hydroxylation is 1. The first-order valence-electron chi connectivity index (χ1n) is 12.0. The lowest BCUT2D eigenvalue weighted by Gasteiger charge is -2.28. The molecule has 0 bridgehead atoms. The van der Waals surface area contributed by atoms with E-state index in [0.29, 0.717) is 32.4 Å². The minimum atomic E-state index is -0.783.